The van der Waals surface area contributed by atoms with Gasteiger partial charge in [0, 0.05) is 12.8 Å². The number of unbranched alkanes of at least 4 members (excludes halogenated alkanes) is 8. The molecule has 0 heterocycles. The van der Waals surface area contributed by atoms with Crippen molar-refractivity contribution >= 4 is 23.8 Å². The first-order valence-corrected chi connectivity index (χ1v) is 17.5. The van der Waals surface area contributed by atoms with E-state index < -0.39 is 24.5 Å². The van der Waals surface area contributed by atoms with Gasteiger partial charge in [-0.25, -0.2) is 4.79 Å². The van der Waals surface area contributed by atoms with Crippen LogP contribution in [0, 0.1) is 0 Å². The van der Waals surface area contributed by atoms with Gasteiger partial charge in [-0.05, 0) is 64.2 Å². The topological polar surface area (TPSA) is 142 Å². The number of carboxylic acids is 1. The second kappa shape index (κ2) is 31.8. The Balaban J connectivity index is 4.33. The molecule has 0 rings (SSSR count). The van der Waals surface area contributed by atoms with Crippen LogP contribution in [0.1, 0.15) is 136 Å². The van der Waals surface area contributed by atoms with Gasteiger partial charge in [0.25, 0.3) is 0 Å². The van der Waals surface area contributed by atoms with Crippen molar-refractivity contribution < 1.29 is 34.1 Å². The average Bonchev–Trinajstić information content (AvgIpc) is 3.03. The lowest BCUT2D eigenvalue weighted by Crippen LogP contribution is -2.47. The molecule has 262 valence electrons. The Kier molecular flexibility index (Phi) is 29.6. The molecule has 0 aliphatic carbocycles. The predicted octanol–water partition coefficient (Wildman–Crippen LogP) is 7.25. The highest BCUT2D eigenvalue weighted by atomic mass is 16.5. The first-order valence-electron chi connectivity index (χ1n) is 17.5. The fourth-order valence-corrected chi connectivity index (χ4v) is 4.67. The number of aliphatic hydroxyl groups is 1. The van der Waals surface area contributed by atoms with Crippen LogP contribution in [0.25, 0.3) is 0 Å². The standard InChI is InChI=1S/C37H62N2O7/c1-3-5-7-9-11-12-13-14-15-16-17-19-25-29-36(43)46-32(26-22-18-10-8-6-4-2)27-23-20-21-24-28-34(41)38-30-35(42)39-33(31-40)37(44)45/h5,7,11-12,14-15,17,19,32-33,40H,3-4,6,8-10,13,16,18,20-31H2,1-2H3,(H,38,41)(H,39,42)(H,44,45)/b7-5-,12-11-,15-14-,19-17-. The van der Waals surface area contributed by atoms with Crippen molar-refractivity contribution in [3.63, 3.8) is 0 Å². The number of aliphatic carboxylic acids is 1. The quantitative estimate of drug-likeness (QED) is 0.0366. The first-order chi connectivity index (χ1) is 22.3. The minimum atomic E-state index is -1.39. The number of allylic oxidation sites excluding steroid dienone is 8. The minimum Gasteiger partial charge on any atom is -0.480 e. The Morgan fingerprint density at radius 2 is 1.22 bits per heavy atom. The molecular formula is C37H62N2O7. The molecule has 0 aromatic heterocycles. The van der Waals surface area contributed by atoms with E-state index in [1.54, 1.807) is 0 Å². The van der Waals surface area contributed by atoms with Gasteiger partial charge in [0.2, 0.25) is 11.8 Å². The molecule has 0 fully saturated rings. The number of carbonyl (C=O) groups is 4. The second-order valence-corrected chi connectivity index (χ2v) is 11.6. The molecule has 4 N–H and O–H groups in total. The summed E-state index contributed by atoms with van der Waals surface area (Å²) in [4.78, 5) is 47.2. The molecule has 0 aliphatic heterocycles. The van der Waals surface area contributed by atoms with Crippen molar-refractivity contribution in [2.45, 2.75) is 148 Å². The van der Waals surface area contributed by atoms with Crippen LogP contribution in [0.3, 0.4) is 0 Å². The molecule has 46 heavy (non-hydrogen) atoms. The van der Waals surface area contributed by atoms with Crippen molar-refractivity contribution in [2.75, 3.05) is 13.2 Å². The molecule has 9 nitrogen and oxygen atoms in total. The van der Waals surface area contributed by atoms with Gasteiger partial charge in [-0.1, -0.05) is 107 Å². The molecule has 0 bridgehead atoms. The van der Waals surface area contributed by atoms with Gasteiger partial charge in [0.15, 0.2) is 0 Å². The van der Waals surface area contributed by atoms with Crippen LogP contribution in [-0.4, -0.2) is 59.3 Å². The van der Waals surface area contributed by atoms with Gasteiger partial charge in [-0.15, -0.1) is 0 Å². The molecule has 0 aliphatic rings. The van der Waals surface area contributed by atoms with Gasteiger partial charge in [0.05, 0.1) is 13.2 Å². The van der Waals surface area contributed by atoms with Crippen molar-refractivity contribution in [3.05, 3.63) is 48.6 Å². The van der Waals surface area contributed by atoms with E-state index >= 15 is 0 Å². The molecule has 2 amide bonds. The number of nitrogens with one attached hydrogen (secondary N) is 2. The summed E-state index contributed by atoms with van der Waals surface area (Å²) >= 11 is 0. The molecular weight excluding hydrogens is 584 g/mol. The van der Waals surface area contributed by atoms with Crippen LogP contribution in [0.15, 0.2) is 48.6 Å². The normalized spacial score (nSPS) is 13.1. The van der Waals surface area contributed by atoms with Crippen molar-refractivity contribution in [1.82, 2.24) is 10.6 Å². The number of esters is 1. The van der Waals surface area contributed by atoms with Crippen LogP contribution < -0.4 is 10.6 Å². The van der Waals surface area contributed by atoms with E-state index in [1.165, 1.54) is 25.7 Å². The van der Waals surface area contributed by atoms with Gasteiger partial charge in [-0.2, -0.15) is 0 Å². The Hall–Kier alpha value is -3.20. The maximum absolute atomic E-state index is 12.6. The number of ether oxygens (including phenoxy) is 1. The maximum atomic E-state index is 12.6. The summed E-state index contributed by atoms with van der Waals surface area (Å²) in [5.41, 5.74) is 0. The number of hydrogen-bond acceptors (Lipinski definition) is 6. The number of hydrogen-bond donors (Lipinski definition) is 4. The second-order valence-electron chi connectivity index (χ2n) is 11.6. The molecule has 0 aromatic rings. The largest absolute Gasteiger partial charge is 0.480 e. The Bertz CT molecular complexity index is 927. The average molecular weight is 647 g/mol. The van der Waals surface area contributed by atoms with E-state index in [2.05, 4.69) is 67.0 Å². The maximum Gasteiger partial charge on any atom is 0.328 e. The van der Waals surface area contributed by atoms with E-state index in [1.807, 2.05) is 6.08 Å². The third-order valence-electron chi connectivity index (χ3n) is 7.35. The lowest BCUT2D eigenvalue weighted by molar-refractivity contribution is -0.149. The molecule has 0 radical (unpaired) electrons. The molecule has 2 atom stereocenters. The van der Waals surface area contributed by atoms with Gasteiger partial charge < -0.3 is 25.6 Å². The van der Waals surface area contributed by atoms with E-state index in [9.17, 15) is 19.2 Å². The van der Waals surface area contributed by atoms with E-state index in [4.69, 9.17) is 14.9 Å². The van der Waals surface area contributed by atoms with Crippen molar-refractivity contribution in [1.29, 1.82) is 0 Å². The van der Waals surface area contributed by atoms with Crippen LogP contribution >= 0.6 is 0 Å². The fraction of sp³-hybridized carbons (Fsp3) is 0.676. The van der Waals surface area contributed by atoms with Gasteiger partial charge in [0.1, 0.15) is 12.1 Å². The van der Waals surface area contributed by atoms with Crippen molar-refractivity contribution in [3.8, 4) is 0 Å². The summed E-state index contributed by atoms with van der Waals surface area (Å²) < 4.78 is 5.88. The molecule has 0 saturated carbocycles. The third-order valence-corrected chi connectivity index (χ3v) is 7.35. The van der Waals surface area contributed by atoms with E-state index in [-0.39, 0.29) is 30.9 Å². The van der Waals surface area contributed by atoms with Crippen LogP contribution in [0.2, 0.25) is 0 Å². The zero-order valence-corrected chi connectivity index (χ0v) is 28.6. The number of carbonyl (C=O) groups excluding carboxylic acids is 3. The zero-order valence-electron chi connectivity index (χ0n) is 28.6. The summed E-state index contributed by atoms with van der Waals surface area (Å²) in [5, 5.41) is 22.4. The summed E-state index contributed by atoms with van der Waals surface area (Å²) in [6.45, 7) is 3.28. The highest BCUT2D eigenvalue weighted by molar-refractivity contribution is 5.87. The van der Waals surface area contributed by atoms with Gasteiger partial charge in [-0.3, -0.25) is 14.4 Å². The van der Waals surface area contributed by atoms with Crippen LogP contribution in [-0.2, 0) is 23.9 Å². The van der Waals surface area contributed by atoms with E-state index in [0.717, 1.165) is 70.6 Å². The number of carboxylic acid groups (broad SMARTS) is 1. The lowest BCUT2D eigenvalue weighted by Gasteiger charge is -2.18. The SMILES string of the molecule is CC/C=C\C/C=C\C/C=C\C/C=C\CCC(=O)OC(CCCCCCCC)CCCCCCC(=O)NCC(=O)NC(CO)C(=O)O. The van der Waals surface area contributed by atoms with Crippen LogP contribution in [0.5, 0.6) is 0 Å². The number of rotatable bonds is 30. The Labute approximate surface area is 278 Å². The monoisotopic (exact) mass is 646 g/mol. The summed E-state index contributed by atoms with van der Waals surface area (Å²) in [6.07, 6.45) is 34.4. The predicted molar refractivity (Wildman–Crippen MR) is 185 cm³/mol. The van der Waals surface area contributed by atoms with E-state index in [0.29, 0.717) is 19.3 Å². The Morgan fingerprint density at radius 1 is 0.674 bits per heavy atom. The summed E-state index contributed by atoms with van der Waals surface area (Å²) in [6, 6.07) is -1.39. The first kappa shape index (κ1) is 42.8. The van der Waals surface area contributed by atoms with Crippen LogP contribution in [0.4, 0.5) is 0 Å². The highest BCUT2D eigenvalue weighted by Crippen LogP contribution is 2.17. The zero-order chi connectivity index (χ0) is 34.1. The minimum absolute atomic E-state index is 0.0773. The summed E-state index contributed by atoms with van der Waals surface area (Å²) in [7, 11) is 0. The third kappa shape index (κ3) is 28.3. The molecule has 0 aromatic carbocycles. The number of amides is 2. The number of aliphatic hydroxyl groups excluding tert-OH is 1. The fourth-order valence-electron chi connectivity index (χ4n) is 4.67. The molecule has 0 saturated heterocycles. The molecule has 0 spiro atoms. The highest BCUT2D eigenvalue weighted by Gasteiger charge is 2.19. The van der Waals surface area contributed by atoms with Crippen molar-refractivity contribution in [2.24, 2.45) is 0 Å². The Morgan fingerprint density at radius 3 is 1.78 bits per heavy atom. The summed E-state index contributed by atoms with van der Waals surface area (Å²) in [5.74, 6) is -2.44. The molecule has 2 unspecified atom stereocenters. The lowest BCUT2D eigenvalue weighted by atomic mass is 10.0. The molecule has 9 heteroatoms. The van der Waals surface area contributed by atoms with Gasteiger partial charge >= 0.3 is 11.9 Å². The smallest absolute Gasteiger partial charge is 0.328 e.